The first-order valence-corrected chi connectivity index (χ1v) is 12.8. The first kappa shape index (κ1) is 24.0. The van der Waals surface area contributed by atoms with Crippen LogP contribution in [0.1, 0.15) is 43.2 Å². The molecule has 0 bridgehead atoms. The maximum absolute atomic E-state index is 14.4. The number of nitrogens with one attached hydrogen (secondary N) is 1. The molecular weight excluding hydrogens is 490 g/mol. The van der Waals surface area contributed by atoms with E-state index in [1.54, 1.807) is 0 Å². The molecule has 1 spiro atoms. The molecule has 0 unspecified atom stereocenters. The molecule has 12 heteroatoms. The molecule has 1 saturated heterocycles. The SMILES string of the molecule is O=[N+]([O-])c1cc(C(F)(F)F)ccc1S(=O)(=O)N1c2ccc(F)cc2C2(CCNCC2)[C@H]1CC1CC1. The highest BCUT2D eigenvalue weighted by Crippen LogP contribution is 2.56. The van der Waals surface area contributed by atoms with Crippen LogP contribution in [0.25, 0.3) is 0 Å². The zero-order chi connectivity index (χ0) is 25.2. The number of hydrogen-bond donors (Lipinski definition) is 1. The Labute approximate surface area is 199 Å². The second kappa shape index (κ2) is 8.16. The lowest BCUT2D eigenvalue weighted by molar-refractivity contribution is -0.388. The summed E-state index contributed by atoms with van der Waals surface area (Å²) in [5.41, 5.74) is -2.38. The summed E-state index contributed by atoms with van der Waals surface area (Å²) in [5.74, 6) is -0.252. The van der Waals surface area contributed by atoms with E-state index in [2.05, 4.69) is 5.32 Å². The Hall–Kier alpha value is -2.73. The van der Waals surface area contributed by atoms with E-state index in [9.17, 15) is 36.1 Å². The van der Waals surface area contributed by atoms with Crippen molar-refractivity contribution in [3.8, 4) is 0 Å². The van der Waals surface area contributed by atoms with Gasteiger partial charge in [-0.15, -0.1) is 0 Å². The number of fused-ring (bicyclic) bond motifs is 2. The van der Waals surface area contributed by atoms with E-state index in [-0.39, 0.29) is 17.7 Å². The standard InChI is InChI=1S/C23H23F4N3O4S/c24-16-4-5-18-17(13-16)22(7-9-28-10-8-22)21(11-14-1-2-14)29(18)35(33,34)20-6-3-15(23(25,26)27)12-19(20)30(31)32/h3-6,12-14,21,28H,1-2,7-11H2/t21-/m1/s1. The molecule has 0 aromatic heterocycles. The van der Waals surface area contributed by atoms with Crippen molar-refractivity contribution in [2.45, 2.75) is 54.6 Å². The van der Waals surface area contributed by atoms with E-state index in [0.717, 1.165) is 23.2 Å². The molecule has 1 saturated carbocycles. The van der Waals surface area contributed by atoms with E-state index < -0.39 is 54.5 Å². The Morgan fingerprint density at radius 2 is 1.80 bits per heavy atom. The Balaban J connectivity index is 1.71. The summed E-state index contributed by atoms with van der Waals surface area (Å²) in [6, 6.07) is 4.65. The minimum absolute atomic E-state index is 0.230. The second-order valence-corrected chi connectivity index (χ2v) is 11.3. The van der Waals surface area contributed by atoms with Gasteiger partial charge in [-0.3, -0.25) is 14.4 Å². The summed E-state index contributed by atoms with van der Waals surface area (Å²) in [6.07, 6.45) is -1.46. The third-order valence-electron chi connectivity index (χ3n) is 7.42. The lowest BCUT2D eigenvalue weighted by Gasteiger charge is -2.42. The van der Waals surface area contributed by atoms with Gasteiger partial charge in [0, 0.05) is 11.5 Å². The fraction of sp³-hybridized carbons (Fsp3) is 0.478. The summed E-state index contributed by atoms with van der Waals surface area (Å²) in [4.78, 5) is 9.80. The van der Waals surface area contributed by atoms with Gasteiger partial charge in [-0.25, -0.2) is 12.8 Å². The normalized spacial score (nSPS) is 21.8. The molecule has 2 aromatic carbocycles. The Morgan fingerprint density at radius 3 is 2.40 bits per heavy atom. The van der Waals surface area contributed by atoms with Gasteiger partial charge < -0.3 is 5.32 Å². The molecule has 5 rings (SSSR count). The van der Waals surface area contributed by atoms with Crippen molar-refractivity contribution in [1.29, 1.82) is 0 Å². The molecular formula is C23H23F4N3O4S. The molecule has 1 atom stereocenters. The highest BCUT2D eigenvalue weighted by molar-refractivity contribution is 7.93. The third kappa shape index (κ3) is 3.96. The maximum atomic E-state index is 14.4. The van der Waals surface area contributed by atoms with Crippen LogP contribution in [0.5, 0.6) is 0 Å². The average Bonchev–Trinajstić information content (AvgIpc) is 3.59. The van der Waals surface area contributed by atoms with Gasteiger partial charge in [0.25, 0.3) is 15.7 Å². The van der Waals surface area contributed by atoms with E-state index in [4.69, 9.17) is 0 Å². The van der Waals surface area contributed by atoms with Crippen LogP contribution in [0.15, 0.2) is 41.3 Å². The zero-order valence-electron chi connectivity index (χ0n) is 18.5. The quantitative estimate of drug-likeness (QED) is 0.354. The number of nitro benzene ring substituents is 1. The van der Waals surface area contributed by atoms with E-state index >= 15 is 0 Å². The Bertz CT molecular complexity index is 1290. The van der Waals surface area contributed by atoms with Crippen molar-refractivity contribution in [3.63, 3.8) is 0 Å². The van der Waals surface area contributed by atoms with Crippen molar-refractivity contribution in [1.82, 2.24) is 5.32 Å². The van der Waals surface area contributed by atoms with Crippen LogP contribution in [0.2, 0.25) is 0 Å². The number of benzene rings is 2. The van der Waals surface area contributed by atoms with Gasteiger partial charge in [-0.2, -0.15) is 13.2 Å². The van der Waals surface area contributed by atoms with Gasteiger partial charge in [0.15, 0.2) is 4.90 Å². The Morgan fingerprint density at radius 1 is 1.11 bits per heavy atom. The minimum Gasteiger partial charge on any atom is -0.317 e. The number of nitrogens with zero attached hydrogens (tertiary/aromatic N) is 2. The molecule has 188 valence electrons. The van der Waals surface area contributed by atoms with Crippen LogP contribution in [-0.2, 0) is 21.6 Å². The maximum Gasteiger partial charge on any atom is 0.416 e. The first-order valence-electron chi connectivity index (χ1n) is 11.4. The van der Waals surface area contributed by atoms with Gasteiger partial charge in [0.1, 0.15) is 5.82 Å². The summed E-state index contributed by atoms with van der Waals surface area (Å²) < 4.78 is 83.3. The molecule has 35 heavy (non-hydrogen) atoms. The number of anilines is 1. The smallest absolute Gasteiger partial charge is 0.317 e. The number of piperidine rings is 1. The molecule has 0 radical (unpaired) electrons. The van der Waals surface area contributed by atoms with Crippen LogP contribution in [-0.4, -0.2) is 32.5 Å². The van der Waals surface area contributed by atoms with Crippen molar-refractivity contribution in [3.05, 3.63) is 63.5 Å². The van der Waals surface area contributed by atoms with Gasteiger partial charge in [-0.1, -0.05) is 12.8 Å². The number of hydrogen-bond acceptors (Lipinski definition) is 5. The van der Waals surface area contributed by atoms with Crippen molar-refractivity contribution in [2.24, 2.45) is 5.92 Å². The largest absolute Gasteiger partial charge is 0.416 e. The fourth-order valence-corrected chi connectivity index (χ4v) is 7.49. The van der Waals surface area contributed by atoms with Gasteiger partial charge in [0.2, 0.25) is 0 Å². The van der Waals surface area contributed by atoms with Gasteiger partial charge in [-0.05, 0) is 74.2 Å². The number of alkyl halides is 3. The lowest BCUT2D eigenvalue weighted by atomic mass is 9.68. The average molecular weight is 514 g/mol. The highest BCUT2D eigenvalue weighted by Gasteiger charge is 2.56. The van der Waals surface area contributed by atoms with Crippen LogP contribution >= 0.6 is 0 Å². The summed E-state index contributed by atoms with van der Waals surface area (Å²) in [6.45, 7) is 1.18. The molecule has 2 aliphatic heterocycles. The third-order valence-corrected chi connectivity index (χ3v) is 9.29. The Kier molecular flexibility index (Phi) is 5.59. The molecule has 1 aliphatic carbocycles. The second-order valence-electron chi connectivity index (χ2n) is 9.50. The highest BCUT2D eigenvalue weighted by atomic mass is 32.2. The molecule has 0 amide bonds. The number of halogens is 4. The first-order chi connectivity index (χ1) is 16.4. The molecule has 2 fully saturated rings. The van der Waals surface area contributed by atoms with Crippen LogP contribution in [0, 0.1) is 21.8 Å². The summed E-state index contributed by atoms with van der Waals surface area (Å²) in [5, 5.41) is 15.0. The van der Waals surface area contributed by atoms with Crippen LogP contribution < -0.4 is 9.62 Å². The topological polar surface area (TPSA) is 92.5 Å². The monoisotopic (exact) mass is 513 g/mol. The predicted octanol–water partition coefficient (Wildman–Crippen LogP) is 4.75. The van der Waals surface area contributed by atoms with Crippen molar-refractivity contribution in [2.75, 3.05) is 17.4 Å². The number of rotatable bonds is 5. The lowest BCUT2D eigenvalue weighted by Crippen LogP contribution is -2.52. The van der Waals surface area contributed by atoms with Gasteiger partial charge >= 0.3 is 6.18 Å². The van der Waals surface area contributed by atoms with Crippen molar-refractivity contribution >= 4 is 21.4 Å². The van der Waals surface area contributed by atoms with Crippen LogP contribution in [0.4, 0.5) is 28.9 Å². The number of nitro groups is 1. The molecule has 7 nitrogen and oxygen atoms in total. The molecule has 2 heterocycles. The predicted molar refractivity (Wildman–Crippen MR) is 119 cm³/mol. The van der Waals surface area contributed by atoms with Crippen LogP contribution in [0.3, 0.4) is 0 Å². The summed E-state index contributed by atoms with van der Waals surface area (Å²) >= 11 is 0. The fourth-order valence-electron chi connectivity index (χ4n) is 5.59. The molecule has 1 N–H and O–H groups in total. The molecule has 3 aliphatic rings. The van der Waals surface area contributed by atoms with E-state index in [0.29, 0.717) is 50.0 Å². The molecule has 2 aromatic rings. The van der Waals surface area contributed by atoms with Crippen molar-refractivity contribution < 1.29 is 30.9 Å². The zero-order valence-corrected chi connectivity index (χ0v) is 19.3. The van der Waals surface area contributed by atoms with Gasteiger partial charge in [0.05, 0.1) is 22.2 Å². The van der Waals surface area contributed by atoms with E-state index in [1.165, 1.54) is 12.1 Å². The minimum atomic E-state index is -4.88. The number of sulfonamides is 1. The van der Waals surface area contributed by atoms with E-state index in [1.807, 2.05) is 0 Å². The summed E-state index contributed by atoms with van der Waals surface area (Å²) in [7, 11) is -4.66.